The first-order chi connectivity index (χ1) is 10.6. The molecule has 0 aliphatic carbocycles. The molecule has 0 aliphatic heterocycles. The normalized spacial score (nSPS) is 13.0. The maximum absolute atomic E-state index is 12.1. The fourth-order valence-corrected chi connectivity index (χ4v) is 2.66. The molecule has 0 aliphatic rings. The number of carbonyl (C=O) groups is 2. The molecule has 0 bridgehead atoms. The molecule has 7 heteroatoms. The molecule has 0 radical (unpaired) electrons. The largest absolute Gasteiger partial charge is 0.352 e. The van der Waals surface area contributed by atoms with E-state index in [2.05, 4.69) is 29.5 Å². The number of thiazole rings is 1. The van der Waals surface area contributed by atoms with Crippen molar-refractivity contribution in [3.05, 3.63) is 11.1 Å². The van der Waals surface area contributed by atoms with Gasteiger partial charge in [0.05, 0.1) is 12.1 Å². The Morgan fingerprint density at radius 2 is 2.00 bits per heavy atom. The minimum atomic E-state index is -0.478. The molecule has 1 aromatic heterocycles. The second kappa shape index (κ2) is 8.40. The van der Waals surface area contributed by atoms with Gasteiger partial charge in [0.25, 0.3) is 0 Å². The molecule has 1 rings (SSSR count). The molecule has 130 valence electrons. The van der Waals surface area contributed by atoms with Crippen molar-refractivity contribution in [2.24, 2.45) is 17.1 Å². The van der Waals surface area contributed by atoms with Crippen LogP contribution in [0.2, 0.25) is 0 Å². The molecule has 2 amide bonds. The first kappa shape index (κ1) is 19.6. The van der Waals surface area contributed by atoms with E-state index in [-0.39, 0.29) is 24.3 Å². The number of rotatable bonds is 7. The van der Waals surface area contributed by atoms with Gasteiger partial charge in [0.2, 0.25) is 11.8 Å². The first-order valence-corrected chi connectivity index (χ1v) is 8.75. The number of hydrogen-bond donors (Lipinski definition) is 3. The van der Waals surface area contributed by atoms with Crippen LogP contribution in [0, 0.1) is 11.3 Å². The molecule has 23 heavy (non-hydrogen) atoms. The van der Waals surface area contributed by atoms with Gasteiger partial charge in [0.15, 0.2) is 5.13 Å². The monoisotopic (exact) mass is 340 g/mol. The average Bonchev–Trinajstić information content (AvgIpc) is 2.83. The Hall–Kier alpha value is -1.47. The zero-order valence-electron chi connectivity index (χ0n) is 14.6. The van der Waals surface area contributed by atoms with Gasteiger partial charge in [-0.1, -0.05) is 34.6 Å². The highest BCUT2D eigenvalue weighted by Crippen LogP contribution is 2.20. The van der Waals surface area contributed by atoms with Crippen LogP contribution in [-0.4, -0.2) is 29.4 Å². The third-order valence-corrected chi connectivity index (χ3v) is 4.01. The van der Waals surface area contributed by atoms with E-state index in [1.54, 1.807) is 5.38 Å². The molecule has 0 aromatic carbocycles. The lowest BCUT2D eigenvalue weighted by Crippen LogP contribution is -2.41. The molecular formula is C16H28N4O2S. The Kier molecular flexibility index (Phi) is 7.15. The summed E-state index contributed by atoms with van der Waals surface area (Å²) in [6.45, 7) is 10.1. The van der Waals surface area contributed by atoms with Crippen LogP contribution in [0.5, 0.6) is 0 Å². The van der Waals surface area contributed by atoms with Crippen molar-refractivity contribution in [1.82, 2.24) is 10.3 Å². The highest BCUT2D eigenvalue weighted by Gasteiger charge is 2.22. The van der Waals surface area contributed by atoms with Gasteiger partial charge in [-0.15, -0.1) is 11.3 Å². The quantitative estimate of drug-likeness (QED) is 0.708. The van der Waals surface area contributed by atoms with Crippen LogP contribution in [0.1, 0.15) is 46.7 Å². The van der Waals surface area contributed by atoms with Gasteiger partial charge in [-0.3, -0.25) is 9.59 Å². The van der Waals surface area contributed by atoms with Gasteiger partial charge in [-0.2, -0.15) is 0 Å². The fourth-order valence-electron chi connectivity index (χ4n) is 1.96. The lowest BCUT2D eigenvalue weighted by molar-refractivity contribution is -0.123. The molecular weight excluding hydrogens is 312 g/mol. The van der Waals surface area contributed by atoms with Crippen molar-refractivity contribution in [3.63, 3.8) is 0 Å². The van der Waals surface area contributed by atoms with Crippen LogP contribution in [0.4, 0.5) is 5.13 Å². The fraction of sp³-hybridized carbons (Fsp3) is 0.688. The predicted octanol–water partition coefficient (Wildman–Crippen LogP) is 2.16. The smallest absolute Gasteiger partial charge is 0.231 e. The highest BCUT2D eigenvalue weighted by atomic mass is 32.1. The number of amides is 2. The summed E-state index contributed by atoms with van der Waals surface area (Å²) in [5, 5.41) is 8.01. The molecule has 6 nitrogen and oxygen atoms in total. The van der Waals surface area contributed by atoms with Crippen molar-refractivity contribution in [1.29, 1.82) is 0 Å². The van der Waals surface area contributed by atoms with Crippen LogP contribution in [0.3, 0.4) is 0 Å². The maximum Gasteiger partial charge on any atom is 0.231 e. The Balaban J connectivity index is 2.55. The molecule has 1 aromatic rings. The van der Waals surface area contributed by atoms with Gasteiger partial charge in [0, 0.05) is 23.4 Å². The summed E-state index contributed by atoms with van der Waals surface area (Å²) >= 11 is 1.32. The number of nitrogens with one attached hydrogen (secondary N) is 2. The molecule has 0 spiro atoms. The highest BCUT2D eigenvalue weighted by molar-refractivity contribution is 7.13. The first-order valence-electron chi connectivity index (χ1n) is 7.87. The minimum absolute atomic E-state index is 0.0128. The molecule has 0 saturated heterocycles. The van der Waals surface area contributed by atoms with Crippen LogP contribution in [0.15, 0.2) is 5.38 Å². The number of nitrogens with two attached hydrogens (primary N) is 1. The van der Waals surface area contributed by atoms with Crippen molar-refractivity contribution < 1.29 is 9.59 Å². The van der Waals surface area contributed by atoms with Crippen molar-refractivity contribution >= 4 is 28.3 Å². The van der Waals surface area contributed by atoms with E-state index >= 15 is 0 Å². The summed E-state index contributed by atoms with van der Waals surface area (Å²) in [5.41, 5.74) is 5.86. The number of nitrogens with zero attached hydrogens (tertiary/aromatic N) is 1. The predicted molar refractivity (Wildman–Crippen MR) is 94.3 cm³/mol. The van der Waals surface area contributed by atoms with Crippen molar-refractivity contribution in [3.8, 4) is 0 Å². The number of aromatic nitrogens is 1. The Morgan fingerprint density at radius 1 is 1.35 bits per heavy atom. The summed E-state index contributed by atoms with van der Waals surface area (Å²) in [6, 6.07) is -0.0128. The second-order valence-corrected chi connectivity index (χ2v) is 8.01. The van der Waals surface area contributed by atoms with E-state index in [1.807, 2.05) is 20.8 Å². The standard InChI is InChI=1S/C16H28N4O2S/c1-10(2)6-11(8-17)18-13(21)7-12-9-23-15(19-12)20-14(22)16(3,4)5/h9-11H,6-8,17H2,1-5H3,(H,18,21)(H,19,20,22). The van der Waals surface area contributed by atoms with E-state index in [4.69, 9.17) is 5.73 Å². The van der Waals surface area contributed by atoms with E-state index in [9.17, 15) is 9.59 Å². The molecule has 1 atom stereocenters. The summed E-state index contributed by atoms with van der Waals surface area (Å²) in [6.07, 6.45) is 1.04. The van der Waals surface area contributed by atoms with Gasteiger partial charge in [0.1, 0.15) is 0 Å². The topological polar surface area (TPSA) is 97.1 Å². The number of anilines is 1. The van der Waals surface area contributed by atoms with Crippen LogP contribution >= 0.6 is 11.3 Å². The molecule has 1 unspecified atom stereocenters. The maximum atomic E-state index is 12.1. The Labute approximate surface area is 142 Å². The summed E-state index contributed by atoms with van der Waals surface area (Å²) < 4.78 is 0. The molecule has 4 N–H and O–H groups in total. The Bertz CT molecular complexity index is 534. The van der Waals surface area contributed by atoms with Crippen LogP contribution < -0.4 is 16.4 Å². The van der Waals surface area contributed by atoms with Gasteiger partial charge in [-0.05, 0) is 12.3 Å². The summed E-state index contributed by atoms with van der Waals surface area (Å²) in [5.74, 6) is 0.283. The minimum Gasteiger partial charge on any atom is -0.352 e. The number of hydrogen-bond acceptors (Lipinski definition) is 5. The third-order valence-electron chi connectivity index (χ3n) is 3.20. The third kappa shape index (κ3) is 7.09. The van der Waals surface area contributed by atoms with Crippen LogP contribution in [0.25, 0.3) is 0 Å². The average molecular weight is 340 g/mol. The van der Waals surface area contributed by atoms with Crippen molar-refractivity contribution in [2.75, 3.05) is 11.9 Å². The molecule has 1 heterocycles. The lowest BCUT2D eigenvalue weighted by Gasteiger charge is -2.18. The van der Waals surface area contributed by atoms with Gasteiger partial charge in [-0.25, -0.2) is 4.98 Å². The molecule has 0 fully saturated rings. The SMILES string of the molecule is CC(C)CC(CN)NC(=O)Cc1csc(NC(=O)C(C)(C)C)n1. The van der Waals surface area contributed by atoms with E-state index < -0.39 is 5.41 Å². The van der Waals surface area contributed by atoms with Gasteiger partial charge >= 0.3 is 0 Å². The van der Waals surface area contributed by atoms with E-state index in [0.717, 1.165) is 6.42 Å². The number of carbonyl (C=O) groups excluding carboxylic acids is 2. The Morgan fingerprint density at radius 3 is 2.52 bits per heavy atom. The van der Waals surface area contributed by atoms with E-state index in [1.165, 1.54) is 11.3 Å². The zero-order chi connectivity index (χ0) is 17.6. The van der Waals surface area contributed by atoms with Crippen LogP contribution in [-0.2, 0) is 16.0 Å². The summed E-state index contributed by atoms with van der Waals surface area (Å²) in [4.78, 5) is 28.3. The van der Waals surface area contributed by atoms with E-state index in [0.29, 0.717) is 23.3 Å². The van der Waals surface area contributed by atoms with Crippen molar-refractivity contribution in [2.45, 2.75) is 53.5 Å². The zero-order valence-corrected chi connectivity index (χ0v) is 15.4. The lowest BCUT2D eigenvalue weighted by atomic mass is 9.96. The van der Waals surface area contributed by atoms with Gasteiger partial charge < -0.3 is 16.4 Å². The molecule has 0 saturated carbocycles. The second-order valence-electron chi connectivity index (χ2n) is 7.15. The summed E-state index contributed by atoms with van der Waals surface area (Å²) in [7, 11) is 0.